The smallest absolute Gasteiger partial charge is 0.243 e. The maximum atomic E-state index is 13.9. The largest absolute Gasteiger partial charge is 0.391 e. The Labute approximate surface area is 120 Å². The van der Waals surface area contributed by atoms with Gasteiger partial charge in [0.15, 0.2) is 5.82 Å². The molecule has 20 heavy (non-hydrogen) atoms. The van der Waals surface area contributed by atoms with Gasteiger partial charge in [-0.05, 0) is 30.7 Å². The normalized spacial score (nSPS) is 19.4. The van der Waals surface area contributed by atoms with Gasteiger partial charge in [-0.2, -0.15) is 11.8 Å². The van der Waals surface area contributed by atoms with Crippen molar-refractivity contribution in [1.82, 2.24) is 4.72 Å². The molecule has 1 heterocycles. The van der Waals surface area contributed by atoms with Crippen molar-refractivity contribution in [2.45, 2.75) is 29.6 Å². The van der Waals surface area contributed by atoms with Gasteiger partial charge in [0.05, 0.1) is 12.2 Å². The number of hydrogen-bond donors (Lipinski definition) is 2. The molecule has 8 heteroatoms. The third-order valence-electron chi connectivity index (χ3n) is 3.12. The Balaban J connectivity index is 2.20. The van der Waals surface area contributed by atoms with E-state index in [1.165, 1.54) is 0 Å². The van der Waals surface area contributed by atoms with Crippen LogP contribution in [0.4, 0.5) is 8.78 Å². The van der Waals surface area contributed by atoms with E-state index in [0.29, 0.717) is 0 Å². The Hall–Kier alpha value is -0.700. The minimum atomic E-state index is -4.04. The van der Waals surface area contributed by atoms with Gasteiger partial charge in [0.25, 0.3) is 0 Å². The van der Waals surface area contributed by atoms with Crippen molar-refractivity contribution >= 4 is 21.8 Å². The molecule has 1 aromatic carbocycles. The number of sulfonamides is 1. The molecule has 0 amide bonds. The van der Waals surface area contributed by atoms with Crippen molar-refractivity contribution in [3.8, 4) is 0 Å². The van der Waals surface area contributed by atoms with E-state index < -0.39 is 38.7 Å². The lowest BCUT2D eigenvalue weighted by molar-refractivity contribution is 0.267. The maximum Gasteiger partial charge on any atom is 0.243 e. The van der Waals surface area contributed by atoms with Gasteiger partial charge in [-0.25, -0.2) is 21.9 Å². The molecule has 0 aromatic heterocycles. The van der Waals surface area contributed by atoms with E-state index in [1.807, 2.05) is 0 Å². The van der Waals surface area contributed by atoms with Gasteiger partial charge in [-0.15, -0.1) is 0 Å². The summed E-state index contributed by atoms with van der Waals surface area (Å²) in [4.78, 5) is -0.633. The summed E-state index contributed by atoms with van der Waals surface area (Å²) in [5.41, 5.74) is -0.636. The van der Waals surface area contributed by atoms with E-state index in [9.17, 15) is 17.2 Å². The highest BCUT2D eigenvalue weighted by Crippen LogP contribution is 2.26. The average molecular weight is 323 g/mol. The Morgan fingerprint density at radius 1 is 1.40 bits per heavy atom. The number of aliphatic hydroxyl groups is 1. The molecular weight excluding hydrogens is 308 g/mol. The molecule has 4 nitrogen and oxygen atoms in total. The summed E-state index contributed by atoms with van der Waals surface area (Å²) >= 11 is 1.67. The van der Waals surface area contributed by atoms with Crippen LogP contribution in [0.3, 0.4) is 0 Å². The lowest BCUT2D eigenvalue weighted by atomic mass is 10.2. The second kappa shape index (κ2) is 6.38. The molecule has 1 fully saturated rings. The number of benzene rings is 1. The molecule has 1 saturated heterocycles. The van der Waals surface area contributed by atoms with E-state index in [2.05, 4.69) is 4.72 Å². The molecule has 0 radical (unpaired) electrons. The van der Waals surface area contributed by atoms with Gasteiger partial charge >= 0.3 is 0 Å². The molecule has 112 valence electrons. The van der Waals surface area contributed by atoms with Gasteiger partial charge in [-0.1, -0.05) is 0 Å². The molecule has 1 aliphatic heterocycles. The van der Waals surface area contributed by atoms with Crippen molar-refractivity contribution in [2.24, 2.45) is 0 Å². The summed E-state index contributed by atoms with van der Waals surface area (Å²) in [6.45, 7) is -0.669. The fraction of sp³-hybridized carbons (Fsp3) is 0.500. The zero-order valence-electron chi connectivity index (χ0n) is 10.6. The monoisotopic (exact) mass is 323 g/mol. The van der Waals surface area contributed by atoms with Crippen LogP contribution in [0.15, 0.2) is 17.0 Å². The van der Waals surface area contributed by atoms with Crippen LogP contribution >= 0.6 is 11.8 Å². The van der Waals surface area contributed by atoms with Crippen molar-refractivity contribution < 1.29 is 22.3 Å². The van der Waals surface area contributed by atoms with Crippen LogP contribution in [0.2, 0.25) is 0 Å². The van der Waals surface area contributed by atoms with E-state index in [-0.39, 0.29) is 11.8 Å². The highest BCUT2D eigenvalue weighted by atomic mass is 32.2. The highest BCUT2D eigenvalue weighted by Gasteiger charge is 2.25. The van der Waals surface area contributed by atoms with Gasteiger partial charge in [0, 0.05) is 11.8 Å². The zero-order valence-corrected chi connectivity index (χ0v) is 12.2. The van der Waals surface area contributed by atoms with Crippen molar-refractivity contribution in [1.29, 1.82) is 0 Å². The second-order valence-corrected chi connectivity index (χ2v) is 7.63. The van der Waals surface area contributed by atoms with Gasteiger partial charge in [0.1, 0.15) is 10.7 Å². The molecule has 0 bridgehead atoms. The first-order chi connectivity index (χ1) is 9.45. The third kappa shape index (κ3) is 3.30. The van der Waals surface area contributed by atoms with Gasteiger partial charge < -0.3 is 5.11 Å². The van der Waals surface area contributed by atoms with E-state index >= 15 is 0 Å². The summed E-state index contributed by atoms with van der Waals surface area (Å²) in [5, 5.41) is 9.08. The molecular formula is C12H15F2NO3S2. The van der Waals surface area contributed by atoms with E-state index in [4.69, 9.17) is 5.11 Å². The molecule has 2 rings (SSSR count). The van der Waals surface area contributed by atoms with E-state index in [0.717, 1.165) is 30.7 Å². The fourth-order valence-electron chi connectivity index (χ4n) is 2.01. The van der Waals surface area contributed by atoms with Crippen molar-refractivity contribution in [2.75, 3.05) is 12.3 Å². The zero-order chi connectivity index (χ0) is 14.8. The van der Waals surface area contributed by atoms with Crippen LogP contribution in [0.5, 0.6) is 0 Å². The SMILES string of the molecule is O=S(=O)(NCC1CCCS1)c1ccc(F)c(CO)c1F. The number of aliphatic hydroxyl groups excluding tert-OH is 1. The van der Waals surface area contributed by atoms with Crippen LogP contribution < -0.4 is 4.72 Å². The first-order valence-corrected chi connectivity index (χ1v) is 8.68. The minimum Gasteiger partial charge on any atom is -0.391 e. The maximum absolute atomic E-state index is 13.9. The molecule has 0 saturated carbocycles. The summed E-state index contributed by atoms with van der Waals surface area (Å²) in [6, 6.07) is 1.71. The lowest BCUT2D eigenvalue weighted by Gasteiger charge is -2.12. The molecule has 2 N–H and O–H groups in total. The Morgan fingerprint density at radius 3 is 2.75 bits per heavy atom. The summed E-state index contributed by atoms with van der Waals surface area (Å²) < 4.78 is 53.5. The molecule has 0 spiro atoms. The van der Waals surface area contributed by atoms with Crippen LogP contribution in [0.1, 0.15) is 18.4 Å². The number of thioether (sulfide) groups is 1. The topological polar surface area (TPSA) is 66.4 Å². The lowest BCUT2D eigenvalue weighted by Crippen LogP contribution is -2.30. The Kier molecular flexibility index (Phi) is 5.00. The summed E-state index contributed by atoms with van der Waals surface area (Å²) in [5.74, 6) is -1.21. The molecule has 1 aromatic rings. The molecule has 1 unspecified atom stereocenters. The first kappa shape index (κ1) is 15.7. The first-order valence-electron chi connectivity index (χ1n) is 6.14. The number of hydrogen-bond acceptors (Lipinski definition) is 4. The molecule has 1 aliphatic rings. The van der Waals surface area contributed by atoms with Crippen LogP contribution in [0, 0.1) is 11.6 Å². The summed E-state index contributed by atoms with van der Waals surface area (Å²) in [6.07, 6.45) is 1.96. The number of halogens is 2. The Bertz CT molecular complexity index is 587. The van der Waals surface area contributed by atoms with Crippen molar-refractivity contribution in [3.63, 3.8) is 0 Å². The standard InChI is InChI=1S/C12H15F2NO3S2/c13-10-3-4-11(12(14)9(10)7-16)20(17,18)15-6-8-2-1-5-19-8/h3-4,8,15-16H,1-2,5-7H2. The fourth-order valence-corrected chi connectivity index (χ4v) is 4.50. The van der Waals surface area contributed by atoms with E-state index in [1.54, 1.807) is 11.8 Å². The molecule has 1 atom stereocenters. The number of rotatable bonds is 5. The minimum absolute atomic E-state index is 0.186. The average Bonchev–Trinajstić information content (AvgIpc) is 2.90. The predicted octanol–water partition coefficient (Wildman–Crippen LogP) is 1.63. The Morgan fingerprint density at radius 2 is 2.15 bits per heavy atom. The highest BCUT2D eigenvalue weighted by molar-refractivity contribution is 8.00. The quantitative estimate of drug-likeness (QED) is 0.864. The molecule has 0 aliphatic carbocycles. The van der Waals surface area contributed by atoms with Gasteiger partial charge in [0.2, 0.25) is 10.0 Å². The summed E-state index contributed by atoms with van der Waals surface area (Å²) in [7, 11) is -4.04. The van der Waals surface area contributed by atoms with Crippen LogP contribution in [0.25, 0.3) is 0 Å². The van der Waals surface area contributed by atoms with Crippen LogP contribution in [-0.4, -0.2) is 31.1 Å². The van der Waals surface area contributed by atoms with Crippen molar-refractivity contribution in [3.05, 3.63) is 29.3 Å². The third-order valence-corrected chi connectivity index (χ3v) is 5.96. The predicted molar refractivity (Wildman–Crippen MR) is 72.9 cm³/mol. The van der Waals surface area contributed by atoms with Crippen LogP contribution in [-0.2, 0) is 16.6 Å². The van der Waals surface area contributed by atoms with Gasteiger partial charge in [-0.3, -0.25) is 0 Å². The number of nitrogens with one attached hydrogen (secondary N) is 1. The second-order valence-electron chi connectivity index (χ2n) is 4.48.